The molecule has 0 spiro atoms. The van der Waals surface area contributed by atoms with E-state index in [1.54, 1.807) is 0 Å². The van der Waals surface area contributed by atoms with Crippen molar-refractivity contribution in [2.45, 2.75) is 40.2 Å². The van der Waals surface area contributed by atoms with Crippen LogP contribution in [0.3, 0.4) is 0 Å². The summed E-state index contributed by atoms with van der Waals surface area (Å²) in [6.45, 7) is 10.9. The lowest BCUT2D eigenvalue weighted by Crippen LogP contribution is -2.25. The van der Waals surface area contributed by atoms with Crippen LogP contribution in [0.25, 0.3) is 0 Å². The minimum atomic E-state index is -0.130. The van der Waals surface area contributed by atoms with E-state index < -0.39 is 0 Å². The van der Waals surface area contributed by atoms with Gasteiger partial charge in [-0.2, -0.15) is 0 Å². The number of phenols is 1. The summed E-state index contributed by atoms with van der Waals surface area (Å²) in [5.74, 6) is 1.02. The van der Waals surface area contributed by atoms with Crippen LogP contribution in [0.2, 0.25) is 0 Å². The Balaban J connectivity index is 2.14. The smallest absolute Gasteiger partial charge is 0.122 e. The molecule has 19 heavy (non-hydrogen) atoms. The molecule has 0 bridgehead atoms. The van der Waals surface area contributed by atoms with E-state index in [1.807, 2.05) is 19.1 Å². The number of nitrogens with two attached hydrogens (primary N) is 1. The summed E-state index contributed by atoms with van der Waals surface area (Å²) >= 11 is 0. The SMILES string of the molecule is CC(N)c1ccc(N2CCC(C(C)(C)C)C2)cc1O. The third-order valence-corrected chi connectivity index (χ3v) is 4.28. The lowest BCUT2D eigenvalue weighted by Gasteiger charge is -2.27. The molecule has 1 aromatic rings. The second kappa shape index (κ2) is 5.04. The molecule has 106 valence electrons. The number of phenolic OH excluding ortho intramolecular Hbond substituents is 1. The highest BCUT2D eigenvalue weighted by atomic mass is 16.3. The summed E-state index contributed by atoms with van der Waals surface area (Å²) in [5, 5.41) is 10.0. The van der Waals surface area contributed by atoms with Gasteiger partial charge in [0, 0.05) is 36.4 Å². The monoisotopic (exact) mass is 262 g/mol. The van der Waals surface area contributed by atoms with Crippen LogP contribution >= 0.6 is 0 Å². The molecule has 0 amide bonds. The van der Waals surface area contributed by atoms with E-state index in [-0.39, 0.29) is 6.04 Å². The second-order valence-corrected chi connectivity index (χ2v) is 6.83. The average Bonchev–Trinajstić information content (AvgIpc) is 2.76. The van der Waals surface area contributed by atoms with E-state index in [2.05, 4.69) is 31.7 Å². The van der Waals surface area contributed by atoms with Crippen molar-refractivity contribution in [2.24, 2.45) is 17.1 Å². The van der Waals surface area contributed by atoms with Gasteiger partial charge in [-0.15, -0.1) is 0 Å². The highest BCUT2D eigenvalue weighted by molar-refractivity contribution is 5.54. The molecule has 2 unspecified atom stereocenters. The molecule has 0 aliphatic carbocycles. The first-order valence-corrected chi connectivity index (χ1v) is 7.12. The molecule has 0 radical (unpaired) electrons. The molecule has 1 aliphatic heterocycles. The lowest BCUT2D eigenvalue weighted by atomic mass is 9.80. The molecular weight excluding hydrogens is 236 g/mol. The quantitative estimate of drug-likeness (QED) is 0.860. The molecule has 1 saturated heterocycles. The van der Waals surface area contributed by atoms with Crippen molar-refractivity contribution < 1.29 is 5.11 Å². The standard InChI is InChI=1S/C16H26N2O/c1-11(17)14-6-5-13(9-15(14)19)18-8-7-12(10-18)16(2,3)4/h5-6,9,11-12,19H,7-8,10,17H2,1-4H3. The first-order valence-electron chi connectivity index (χ1n) is 7.12. The van der Waals surface area contributed by atoms with Crippen molar-refractivity contribution in [3.8, 4) is 5.75 Å². The molecule has 0 aromatic heterocycles. The zero-order valence-corrected chi connectivity index (χ0v) is 12.5. The second-order valence-electron chi connectivity index (χ2n) is 6.83. The number of aromatic hydroxyl groups is 1. The van der Waals surface area contributed by atoms with Crippen molar-refractivity contribution >= 4 is 5.69 Å². The van der Waals surface area contributed by atoms with Crippen LogP contribution in [-0.4, -0.2) is 18.2 Å². The van der Waals surface area contributed by atoms with Gasteiger partial charge in [0.2, 0.25) is 0 Å². The normalized spacial score (nSPS) is 21.7. The molecule has 1 aliphatic rings. The Kier molecular flexibility index (Phi) is 3.77. The summed E-state index contributed by atoms with van der Waals surface area (Å²) in [6, 6.07) is 5.74. The van der Waals surface area contributed by atoms with Crippen molar-refractivity contribution in [2.75, 3.05) is 18.0 Å². The summed E-state index contributed by atoms with van der Waals surface area (Å²) in [6.07, 6.45) is 1.22. The van der Waals surface area contributed by atoms with Crippen LogP contribution in [0.15, 0.2) is 18.2 Å². The van der Waals surface area contributed by atoms with E-state index in [0.717, 1.165) is 24.3 Å². The molecule has 0 saturated carbocycles. The van der Waals surface area contributed by atoms with Crippen molar-refractivity contribution in [1.82, 2.24) is 0 Å². The molecule has 1 heterocycles. The van der Waals surface area contributed by atoms with Gasteiger partial charge in [0.1, 0.15) is 5.75 Å². The number of hydrogen-bond acceptors (Lipinski definition) is 3. The van der Waals surface area contributed by atoms with Crippen molar-refractivity contribution in [1.29, 1.82) is 0 Å². The van der Waals surface area contributed by atoms with E-state index in [9.17, 15) is 5.11 Å². The summed E-state index contributed by atoms with van der Waals surface area (Å²) in [7, 11) is 0. The molecule has 3 N–H and O–H groups in total. The highest BCUT2D eigenvalue weighted by Gasteiger charge is 2.31. The van der Waals surface area contributed by atoms with Gasteiger partial charge >= 0.3 is 0 Å². The minimum Gasteiger partial charge on any atom is -0.508 e. The molecule has 3 nitrogen and oxygen atoms in total. The predicted octanol–water partition coefficient (Wildman–Crippen LogP) is 3.28. The molecule has 1 aromatic carbocycles. The van der Waals surface area contributed by atoms with E-state index in [4.69, 9.17) is 5.73 Å². The van der Waals surface area contributed by atoms with Gasteiger partial charge in [0.15, 0.2) is 0 Å². The number of rotatable bonds is 2. The van der Waals surface area contributed by atoms with Crippen molar-refractivity contribution in [3.63, 3.8) is 0 Å². The fraction of sp³-hybridized carbons (Fsp3) is 0.625. The first kappa shape index (κ1) is 14.2. The Morgan fingerprint density at radius 2 is 2.05 bits per heavy atom. The zero-order chi connectivity index (χ0) is 14.2. The van der Waals surface area contributed by atoms with Gasteiger partial charge in [-0.1, -0.05) is 26.8 Å². The average molecular weight is 262 g/mol. The fourth-order valence-corrected chi connectivity index (χ4v) is 2.82. The van der Waals surface area contributed by atoms with E-state index in [1.165, 1.54) is 6.42 Å². The minimum absolute atomic E-state index is 0.130. The van der Waals surface area contributed by atoms with Gasteiger partial charge in [-0.05, 0) is 30.7 Å². The summed E-state index contributed by atoms with van der Waals surface area (Å²) in [5.41, 5.74) is 8.09. The maximum atomic E-state index is 10.0. The molecule has 2 rings (SSSR count). The third kappa shape index (κ3) is 3.03. The Morgan fingerprint density at radius 1 is 1.37 bits per heavy atom. The number of hydrogen-bond donors (Lipinski definition) is 2. The Hall–Kier alpha value is -1.22. The number of anilines is 1. The van der Waals surface area contributed by atoms with Crippen LogP contribution < -0.4 is 10.6 Å². The van der Waals surface area contributed by atoms with E-state index in [0.29, 0.717) is 17.1 Å². The lowest BCUT2D eigenvalue weighted by molar-refractivity contribution is 0.263. The largest absolute Gasteiger partial charge is 0.508 e. The molecule has 1 fully saturated rings. The summed E-state index contributed by atoms with van der Waals surface area (Å²) in [4.78, 5) is 2.36. The fourth-order valence-electron chi connectivity index (χ4n) is 2.82. The van der Waals surface area contributed by atoms with Gasteiger partial charge < -0.3 is 15.7 Å². The van der Waals surface area contributed by atoms with Gasteiger partial charge in [-0.3, -0.25) is 0 Å². The Bertz CT molecular complexity index is 449. The number of nitrogens with zero attached hydrogens (tertiary/aromatic N) is 1. The maximum Gasteiger partial charge on any atom is 0.122 e. The van der Waals surface area contributed by atoms with Crippen LogP contribution in [-0.2, 0) is 0 Å². The van der Waals surface area contributed by atoms with Crippen LogP contribution in [0, 0.1) is 11.3 Å². The Labute approximate surface area is 116 Å². The predicted molar refractivity (Wildman–Crippen MR) is 80.5 cm³/mol. The maximum absolute atomic E-state index is 10.0. The summed E-state index contributed by atoms with van der Waals surface area (Å²) < 4.78 is 0. The number of benzene rings is 1. The topological polar surface area (TPSA) is 49.5 Å². The molecule has 3 heteroatoms. The van der Waals surface area contributed by atoms with Gasteiger partial charge in [0.25, 0.3) is 0 Å². The molecular formula is C16H26N2O. The highest BCUT2D eigenvalue weighted by Crippen LogP contribution is 2.37. The van der Waals surface area contributed by atoms with Gasteiger partial charge in [0.05, 0.1) is 0 Å². The van der Waals surface area contributed by atoms with Crippen LogP contribution in [0.4, 0.5) is 5.69 Å². The van der Waals surface area contributed by atoms with Crippen molar-refractivity contribution in [3.05, 3.63) is 23.8 Å². The zero-order valence-electron chi connectivity index (χ0n) is 12.5. The van der Waals surface area contributed by atoms with Crippen LogP contribution in [0.1, 0.15) is 45.7 Å². The Morgan fingerprint density at radius 3 is 2.53 bits per heavy atom. The molecule has 2 atom stereocenters. The third-order valence-electron chi connectivity index (χ3n) is 4.28. The van der Waals surface area contributed by atoms with E-state index >= 15 is 0 Å². The van der Waals surface area contributed by atoms with Gasteiger partial charge in [-0.25, -0.2) is 0 Å². The van der Waals surface area contributed by atoms with Crippen LogP contribution in [0.5, 0.6) is 5.75 Å². The first-order chi connectivity index (χ1) is 8.79.